The maximum atomic E-state index is 11.8. The van der Waals surface area contributed by atoms with Gasteiger partial charge in [0.05, 0.1) is 7.11 Å². The second kappa shape index (κ2) is 6.29. The normalized spacial score (nSPS) is 16.9. The molecule has 112 valence electrons. The minimum absolute atomic E-state index is 0.197. The molecule has 20 heavy (non-hydrogen) atoms. The number of carbonyl (C=O) groups excluding carboxylic acids is 1. The second-order valence-corrected chi connectivity index (χ2v) is 5.71. The first-order chi connectivity index (χ1) is 9.56. The quantitative estimate of drug-likeness (QED) is 0.740. The number of rotatable bonds is 4. The average Bonchev–Trinajstić information content (AvgIpc) is 2.76. The van der Waals surface area contributed by atoms with Crippen molar-refractivity contribution in [3.63, 3.8) is 0 Å². The number of anilines is 2. The smallest absolute Gasteiger partial charge is 0.263 e. The molecule has 0 atom stereocenters. The fraction of sp³-hybridized carbons (Fsp3) is 0.583. The van der Waals surface area contributed by atoms with Gasteiger partial charge in [-0.15, -0.1) is 11.3 Å². The van der Waals surface area contributed by atoms with Crippen LogP contribution in [0.15, 0.2) is 0 Å². The molecule has 4 N–H and O–H groups in total. The maximum absolute atomic E-state index is 11.8. The Balaban J connectivity index is 2.16. The zero-order chi connectivity index (χ0) is 14.7. The Hall–Kier alpha value is -1.51. The largest absolute Gasteiger partial charge is 0.491 e. The van der Waals surface area contributed by atoms with Crippen LogP contribution < -0.4 is 21.2 Å². The number of thiophene rings is 1. The fourth-order valence-corrected chi connectivity index (χ4v) is 3.11. The van der Waals surface area contributed by atoms with Crippen molar-refractivity contribution >= 4 is 27.9 Å². The van der Waals surface area contributed by atoms with Crippen LogP contribution in [0, 0.1) is 0 Å². The van der Waals surface area contributed by atoms with E-state index in [0.29, 0.717) is 16.3 Å². The molecule has 1 saturated heterocycles. The summed E-state index contributed by atoms with van der Waals surface area (Å²) < 4.78 is 5.32. The lowest BCUT2D eigenvalue weighted by atomic mass is 10.3. The van der Waals surface area contributed by atoms with Gasteiger partial charge in [-0.2, -0.15) is 0 Å². The van der Waals surface area contributed by atoms with E-state index in [-0.39, 0.29) is 5.91 Å². The van der Waals surface area contributed by atoms with Crippen molar-refractivity contribution in [1.29, 1.82) is 0 Å². The number of hydrazine groups is 1. The third-order valence-corrected chi connectivity index (χ3v) is 4.39. The van der Waals surface area contributed by atoms with Crippen LogP contribution in [-0.4, -0.2) is 63.2 Å². The highest BCUT2D eigenvalue weighted by Gasteiger charge is 2.23. The van der Waals surface area contributed by atoms with E-state index in [0.717, 1.165) is 31.2 Å². The molecule has 0 aliphatic carbocycles. The van der Waals surface area contributed by atoms with Gasteiger partial charge in [0.15, 0.2) is 5.75 Å². The summed E-state index contributed by atoms with van der Waals surface area (Å²) in [6.45, 7) is 3.82. The van der Waals surface area contributed by atoms with Crippen molar-refractivity contribution in [3.05, 3.63) is 4.88 Å². The molecule has 1 aromatic heterocycles. The lowest BCUT2D eigenvalue weighted by Crippen LogP contribution is -2.46. The molecule has 0 spiro atoms. The minimum atomic E-state index is -0.197. The number of hydrogen-bond acceptors (Lipinski definition) is 7. The van der Waals surface area contributed by atoms with Crippen LogP contribution >= 0.6 is 11.3 Å². The number of methoxy groups -OCH3 is 1. The molecule has 1 aliphatic rings. The highest BCUT2D eigenvalue weighted by Crippen LogP contribution is 2.42. The summed E-state index contributed by atoms with van der Waals surface area (Å²) >= 11 is 1.31. The summed E-state index contributed by atoms with van der Waals surface area (Å²) in [5, 5.41) is 5.47. The van der Waals surface area contributed by atoms with E-state index in [9.17, 15) is 4.79 Å². The van der Waals surface area contributed by atoms with Gasteiger partial charge in [0.25, 0.3) is 5.91 Å². The lowest BCUT2D eigenvalue weighted by molar-refractivity contribution is 0.0967. The van der Waals surface area contributed by atoms with E-state index >= 15 is 0 Å². The van der Waals surface area contributed by atoms with Crippen molar-refractivity contribution in [1.82, 2.24) is 15.2 Å². The van der Waals surface area contributed by atoms with Gasteiger partial charge < -0.3 is 26.1 Å². The molecule has 1 amide bonds. The summed E-state index contributed by atoms with van der Waals surface area (Å²) in [5.74, 6) is 0.338. The van der Waals surface area contributed by atoms with E-state index in [1.165, 1.54) is 11.3 Å². The summed E-state index contributed by atoms with van der Waals surface area (Å²) in [6, 6.07) is 0. The topological polar surface area (TPSA) is 82.9 Å². The number of amides is 1. The Morgan fingerprint density at radius 2 is 2.00 bits per heavy atom. The van der Waals surface area contributed by atoms with Crippen LogP contribution in [-0.2, 0) is 0 Å². The van der Waals surface area contributed by atoms with Gasteiger partial charge in [-0.3, -0.25) is 4.79 Å². The maximum Gasteiger partial charge on any atom is 0.263 e. The van der Waals surface area contributed by atoms with E-state index in [2.05, 4.69) is 27.7 Å². The third kappa shape index (κ3) is 2.97. The van der Waals surface area contributed by atoms with Crippen molar-refractivity contribution in [2.24, 2.45) is 0 Å². The first kappa shape index (κ1) is 14.9. The Morgan fingerprint density at radius 1 is 1.35 bits per heavy atom. The number of nitrogens with two attached hydrogens (primary N) is 1. The van der Waals surface area contributed by atoms with Crippen molar-refractivity contribution in [2.75, 3.05) is 58.5 Å². The number of nitrogen functional groups attached to an aromatic ring is 1. The Labute approximate surface area is 122 Å². The second-order valence-electron chi connectivity index (χ2n) is 4.69. The van der Waals surface area contributed by atoms with E-state index in [1.54, 1.807) is 14.2 Å². The molecule has 0 saturated carbocycles. The summed E-state index contributed by atoms with van der Waals surface area (Å²) in [6.07, 6.45) is 0. The van der Waals surface area contributed by atoms with Crippen molar-refractivity contribution in [3.8, 4) is 5.75 Å². The first-order valence-electron chi connectivity index (χ1n) is 6.45. The molecule has 1 aromatic rings. The molecule has 7 nitrogen and oxygen atoms in total. The van der Waals surface area contributed by atoms with Gasteiger partial charge in [-0.25, -0.2) is 5.01 Å². The van der Waals surface area contributed by atoms with Gasteiger partial charge in [-0.1, -0.05) is 0 Å². The van der Waals surface area contributed by atoms with Crippen molar-refractivity contribution in [2.45, 2.75) is 0 Å². The predicted molar refractivity (Wildman–Crippen MR) is 81.4 cm³/mol. The van der Waals surface area contributed by atoms with Crippen LogP contribution in [0.1, 0.15) is 9.67 Å². The molecule has 8 heteroatoms. The highest BCUT2D eigenvalue weighted by atomic mass is 32.1. The minimum Gasteiger partial charge on any atom is -0.491 e. The van der Waals surface area contributed by atoms with Gasteiger partial charge in [-0.05, 0) is 7.05 Å². The Kier molecular flexibility index (Phi) is 4.69. The Morgan fingerprint density at radius 3 is 2.55 bits per heavy atom. The highest BCUT2D eigenvalue weighted by molar-refractivity contribution is 7.19. The summed E-state index contributed by atoms with van der Waals surface area (Å²) in [4.78, 5) is 14.5. The molecule has 2 heterocycles. The van der Waals surface area contributed by atoms with E-state index in [4.69, 9.17) is 10.5 Å². The van der Waals surface area contributed by atoms with Gasteiger partial charge >= 0.3 is 0 Å². The van der Waals surface area contributed by atoms with Crippen LogP contribution in [0.4, 0.5) is 10.7 Å². The van der Waals surface area contributed by atoms with E-state index in [1.807, 2.05) is 0 Å². The molecule has 0 unspecified atom stereocenters. The monoisotopic (exact) mass is 299 g/mol. The number of ether oxygens (including phenoxy) is 1. The predicted octanol–water partition coefficient (Wildman–Crippen LogP) is 0.273. The van der Waals surface area contributed by atoms with Crippen LogP contribution in [0.3, 0.4) is 0 Å². The SMILES string of the molecule is CNC(=O)c1sc(NN2CCN(C)CC2)c(OC)c1N. The molecular weight excluding hydrogens is 278 g/mol. The van der Waals surface area contributed by atoms with Gasteiger partial charge in [0.2, 0.25) is 0 Å². The standard InChI is InChI=1S/C12H21N5O2S/c1-14-11(18)10-8(13)9(19-3)12(20-10)15-17-6-4-16(2)5-7-17/h15H,4-7,13H2,1-3H3,(H,14,18). The van der Waals surface area contributed by atoms with Crippen LogP contribution in [0.25, 0.3) is 0 Å². The molecule has 0 radical (unpaired) electrons. The zero-order valence-corrected chi connectivity index (χ0v) is 12.8. The molecule has 2 rings (SSSR count). The number of piperazine rings is 1. The summed E-state index contributed by atoms with van der Waals surface area (Å²) in [5.41, 5.74) is 9.66. The average molecular weight is 299 g/mol. The molecule has 1 aliphatic heterocycles. The van der Waals surface area contributed by atoms with Gasteiger partial charge in [0, 0.05) is 33.2 Å². The molecule has 1 fully saturated rings. The zero-order valence-electron chi connectivity index (χ0n) is 12.0. The molecular formula is C12H21N5O2S. The lowest BCUT2D eigenvalue weighted by Gasteiger charge is -2.32. The third-order valence-electron chi connectivity index (χ3n) is 3.30. The first-order valence-corrected chi connectivity index (χ1v) is 7.27. The van der Waals surface area contributed by atoms with Crippen molar-refractivity contribution < 1.29 is 9.53 Å². The number of likely N-dealkylation sites (N-methyl/N-ethyl adjacent to an activating group) is 1. The van der Waals surface area contributed by atoms with Crippen LogP contribution in [0.5, 0.6) is 5.75 Å². The van der Waals surface area contributed by atoms with Gasteiger partial charge in [0.1, 0.15) is 15.6 Å². The number of carbonyl (C=O) groups is 1. The van der Waals surface area contributed by atoms with E-state index < -0.39 is 0 Å². The number of nitrogens with one attached hydrogen (secondary N) is 2. The number of nitrogens with zero attached hydrogens (tertiary/aromatic N) is 2. The summed E-state index contributed by atoms with van der Waals surface area (Å²) in [7, 11) is 5.24. The number of hydrogen-bond donors (Lipinski definition) is 3. The van der Waals surface area contributed by atoms with Crippen LogP contribution in [0.2, 0.25) is 0 Å². The molecule has 0 bridgehead atoms. The Bertz CT molecular complexity index is 482. The molecule has 0 aromatic carbocycles. The fourth-order valence-electron chi connectivity index (χ4n) is 2.05.